The number of hydrogen-bond acceptors (Lipinski definition) is 4. The van der Waals surface area contributed by atoms with Crippen LogP contribution in [-0.2, 0) is 14.4 Å². The van der Waals surface area contributed by atoms with Crippen LogP contribution in [0, 0.1) is 5.82 Å². The second kappa shape index (κ2) is 8.75. The van der Waals surface area contributed by atoms with E-state index in [4.69, 9.17) is 0 Å². The summed E-state index contributed by atoms with van der Waals surface area (Å²) < 4.78 is 14.4. The van der Waals surface area contributed by atoms with Crippen molar-refractivity contribution in [3.63, 3.8) is 0 Å². The lowest BCUT2D eigenvalue weighted by atomic mass is 9.96. The van der Waals surface area contributed by atoms with Crippen molar-refractivity contribution in [2.75, 3.05) is 13.1 Å². The molecule has 136 valence electrons. The fraction of sp³-hybridized carbons (Fsp3) is 0.211. The third-order valence-corrected chi connectivity index (χ3v) is 3.82. The molecule has 0 saturated heterocycles. The van der Waals surface area contributed by atoms with Gasteiger partial charge in [-0.05, 0) is 24.1 Å². The second-order valence-electron chi connectivity index (χ2n) is 5.69. The number of amides is 2. The summed E-state index contributed by atoms with van der Waals surface area (Å²) in [7, 11) is 0. The number of carbonyl (C=O) groups is 3. The van der Waals surface area contributed by atoms with Crippen LogP contribution < -0.4 is 15.7 Å². The van der Waals surface area contributed by atoms with E-state index in [1.807, 2.05) is 18.2 Å². The van der Waals surface area contributed by atoms with Gasteiger partial charge in [-0.3, -0.25) is 9.59 Å². The quantitative estimate of drug-likeness (QED) is 0.757. The SMILES string of the molecule is C[C@@H](C(=O)NCC(=O)NCC(=O)[O-])c1ccc(-c2ccccc2)c(F)c1. The van der Waals surface area contributed by atoms with Crippen LogP contribution in [0.4, 0.5) is 4.39 Å². The molecule has 2 N–H and O–H groups in total. The number of carboxylic acid groups (broad SMARTS) is 1. The van der Waals surface area contributed by atoms with Crippen molar-refractivity contribution >= 4 is 17.8 Å². The molecule has 1 atom stereocenters. The minimum absolute atomic E-state index is 0.374. The first-order chi connectivity index (χ1) is 12.4. The molecule has 0 unspecified atom stereocenters. The van der Waals surface area contributed by atoms with E-state index in [2.05, 4.69) is 10.6 Å². The first-order valence-electron chi connectivity index (χ1n) is 7.97. The summed E-state index contributed by atoms with van der Waals surface area (Å²) in [5, 5.41) is 14.7. The monoisotopic (exact) mass is 357 g/mol. The van der Waals surface area contributed by atoms with Gasteiger partial charge in [0, 0.05) is 5.56 Å². The standard InChI is InChI=1S/C19H19FN2O4/c1-12(19(26)22-10-17(23)21-11-18(24)25)14-7-8-15(16(20)9-14)13-5-3-2-4-6-13/h2-9,12H,10-11H2,1H3,(H,21,23)(H,22,26)(H,24,25)/p-1/t12-/m1/s1. The minimum Gasteiger partial charge on any atom is -0.548 e. The number of nitrogens with one attached hydrogen (secondary N) is 2. The summed E-state index contributed by atoms with van der Waals surface area (Å²) in [6.07, 6.45) is 0. The zero-order valence-corrected chi connectivity index (χ0v) is 14.1. The van der Waals surface area contributed by atoms with E-state index in [1.54, 1.807) is 31.2 Å². The Morgan fingerprint density at radius 1 is 1.04 bits per heavy atom. The highest BCUT2D eigenvalue weighted by molar-refractivity contribution is 5.89. The van der Waals surface area contributed by atoms with Crippen LogP contribution in [0.3, 0.4) is 0 Å². The van der Waals surface area contributed by atoms with Gasteiger partial charge < -0.3 is 20.5 Å². The first kappa shape index (κ1) is 19.1. The van der Waals surface area contributed by atoms with Crippen LogP contribution in [-0.4, -0.2) is 30.9 Å². The Hall–Kier alpha value is -3.22. The third-order valence-electron chi connectivity index (χ3n) is 3.82. The van der Waals surface area contributed by atoms with Crippen molar-refractivity contribution in [3.05, 3.63) is 59.9 Å². The van der Waals surface area contributed by atoms with Crippen LogP contribution in [0.5, 0.6) is 0 Å². The van der Waals surface area contributed by atoms with E-state index in [0.29, 0.717) is 11.1 Å². The molecule has 6 nitrogen and oxygen atoms in total. The fourth-order valence-electron chi connectivity index (χ4n) is 2.36. The molecule has 0 saturated carbocycles. The topological polar surface area (TPSA) is 98.3 Å². The van der Waals surface area contributed by atoms with Crippen molar-refractivity contribution in [3.8, 4) is 11.1 Å². The lowest BCUT2D eigenvalue weighted by Crippen LogP contribution is -2.43. The highest BCUT2D eigenvalue weighted by atomic mass is 19.1. The molecule has 2 aromatic carbocycles. The molecule has 26 heavy (non-hydrogen) atoms. The van der Waals surface area contributed by atoms with Gasteiger partial charge in [0.15, 0.2) is 0 Å². The molecule has 2 rings (SSSR count). The number of aliphatic carboxylic acids is 1. The molecule has 0 aliphatic heterocycles. The Bertz CT molecular complexity index is 808. The zero-order chi connectivity index (χ0) is 19.1. The average Bonchev–Trinajstić information content (AvgIpc) is 2.64. The summed E-state index contributed by atoms with van der Waals surface area (Å²) in [5.74, 6) is -3.67. The lowest BCUT2D eigenvalue weighted by Gasteiger charge is -2.14. The van der Waals surface area contributed by atoms with Gasteiger partial charge in [0.2, 0.25) is 11.8 Å². The van der Waals surface area contributed by atoms with Gasteiger partial charge >= 0.3 is 0 Å². The van der Waals surface area contributed by atoms with Crippen LogP contribution in [0.1, 0.15) is 18.4 Å². The summed E-state index contributed by atoms with van der Waals surface area (Å²) >= 11 is 0. The maximum atomic E-state index is 14.4. The molecule has 7 heteroatoms. The Labute approximate surface area is 150 Å². The molecule has 0 heterocycles. The number of hydrogen-bond donors (Lipinski definition) is 2. The number of halogens is 1. The van der Waals surface area contributed by atoms with Gasteiger partial charge in [0.05, 0.1) is 25.0 Å². The molecule has 0 fully saturated rings. The molecular formula is C19H18FN2O4-. The van der Waals surface area contributed by atoms with Gasteiger partial charge in [-0.25, -0.2) is 4.39 Å². The maximum Gasteiger partial charge on any atom is 0.239 e. The summed E-state index contributed by atoms with van der Waals surface area (Å²) in [6.45, 7) is 0.586. The van der Waals surface area contributed by atoms with Crippen LogP contribution in [0.2, 0.25) is 0 Å². The van der Waals surface area contributed by atoms with E-state index in [1.165, 1.54) is 6.07 Å². The Morgan fingerprint density at radius 3 is 2.35 bits per heavy atom. The van der Waals surface area contributed by atoms with Crippen molar-refractivity contribution < 1.29 is 23.9 Å². The predicted octanol–water partition coefficient (Wildman–Crippen LogP) is 0.579. The van der Waals surface area contributed by atoms with E-state index in [-0.39, 0.29) is 6.54 Å². The summed E-state index contributed by atoms with van der Waals surface area (Å²) in [6, 6.07) is 13.6. The Morgan fingerprint density at radius 2 is 1.73 bits per heavy atom. The largest absolute Gasteiger partial charge is 0.548 e. The summed E-state index contributed by atoms with van der Waals surface area (Å²) in [5.41, 5.74) is 1.64. The zero-order valence-electron chi connectivity index (χ0n) is 14.1. The molecule has 0 spiro atoms. The highest BCUT2D eigenvalue weighted by Gasteiger charge is 2.18. The number of rotatable bonds is 7. The molecule has 0 aliphatic rings. The molecule has 2 aromatic rings. The average molecular weight is 357 g/mol. The lowest BCUT2D eigenvalue weighted by molar-refractivity contribution is -0.304. The predicted molar refractivity (Wildman–Crippen MR) is 91.3 cm³/mol. The van der Waals surface area contributed by atoms with Crippen LogP contribution in [0.25, 0.3) is 11.1 Å². The van der Waals surface area contributed by atoms with E-state index in [0.717, 1.165) is 5.56 Å². The van der Waals surface area contributed by atoms with E-state index >= 15 is 0 Å². The number of carbonyl (C=O) groups excluding carboxylic acids is 3. The van der Waals surface area contributed by atoms with Crippen molar-refractivity contribution in [2.45, 2.75) is 12.8 Å². The normalized spacial score (nSPS) is 11.5. The Kier molecular flexibility index (Phi) is 6.43. The molecule has 0 aromatic heterocycles. The van der Waals surface area contributed by atoms with Gasteiger partial charge in [0.1, 0.15) is 5.82 Å². The third kappa shape index (κ3) is 5.14. The van der Waals surface area contributed by atoms with E-state index in [9.17, 15) is 23.9 Å². The van der Waals surface area contributed by atoms with Crippen molar-refractivity contribution in [1.29, 1.82) is 0 Å². The first-order valence-corrected chi connectivity index (χ1v) is 7.97. The molecule has 2 amide bonds. The van der Waals surface area contributed by atoms with Gasteiger partial charge in [-0.2, -0.15) is 0 Å². The van der Waals surface area contributed by atoms with Crippen molar-refractivity contribution in [2.24, 2.45) is 0 Å². The smallest absolute Gasteiger partial charge is 0.239 e. The highest BCUT2D eigenvalue weighted by Crippen LogP contribution is 2.26. The molecule has 0 bridgehead atoms. The second-order valence-corrected chi connectivity index (χ2v) is 5.69. The van der Waals surface area contributed by atoms with Crippen LogP contribution >= 0.6 is 0 Å². The van der Waals surface area contributed by atoms with Crippen LogP contribution in [0.15, 0.2) is 48.5 Å². The van der Waals surface area contributed by atoms with Gasteiger partial charge in [-0.1, -0.05) is 42.5 Å². The minimum atomic E-state index is -1.42. The Balaban J connectivity index is 1.99. The molecule has 0 aliphatic carbocycles. The fourth-order valence-corrected chi connectivity index (χ4v) is 2.36. The number of benzene rings is 2. The molecule has 0 radical (unpaired) electrons. The van der Waals surface area contributed by atoms with E-state index < -0.39 is 36.1 Å². The van der Waals surface area contributed by atoms with Gasteiger partial charge in [0.25, 0.3) is 0 Å². The van der Waals surface area contributed by atoms with Gasteiger partial charge in [-0.15, -0.1) is 0 Å². The number of carboxylic acids is 1. The maximum absolute atomic E-state index is 14.4. The van der Waals surface area contributed by atoms with Crippen molar-refractivity contribution in [1.82, 2.24) is 10.6 Å². The summed E-state index contributed by atoms with van der Waals surface area (Å²) in [4.78, 5) is 33.7. The molecular weight excluding hydrogens is 339 g/mol.